The fourth-order valence-electron chi connectivity index (χ4n) is 5.77. The second-order valence-electron chi connectivity index (χ2n) is 11.9. The van der Waals surface area contributed by atoms with E-state index in [1.165, 1.54) is 11.8 Å². The Labute approximate surface area is 261 Å². The Bertz CT molecular complexity index is 1770. The summed E-state index contributed by atoms with van der Waals surface area (Å²) in [5.41, 5.74) is 2.38. The van der Waals surface area contributed by atoms with Crippen molar-refractivity contribution in [3.05, 3.63) is 72.0 Å². The molecule has 0 aliphatic carbocycles. The van der Waals surface area contributed by atoms with Crippen LogP contribution < -0.4 is 9.62 Å². The molecule has 1 N–H and O–H groups in total. The molecule has 1 saturated heterocycles. The number of halogens is 1. The predicted octanol–water partition coefficient (Wildman–Crippen LogP) is 5.00. The Morgan fingerprint density at radius 1 is 1.05 bits per heavy atom. The lowest BCUT2D eigenvalue weighted by molar-refractivity contribution is 0.160. The fraction of sp³-hybridized carbons (Fsp3) is 0.379. The number of fused-ring (bicyclic) bond motifs is 2. The smallest absolute Gasteiger partial charge is 0.179 e. The standard InChI is InChI=1S/C29H31ClN10OS2/c1-28(2,3)43(41)37-25-20-7-13-34-40(20)18-29(25)9-15-38(16-10-29)22-17-32-26-19(35-22)5-6-23(36-26)42-21-8-12-31-27(24(21)30)39-14-4-11-33-39/h4-8,11-14,17,25,37H,9-10,15-16,18H2,1-3H3/t25-,43-/m1/s1. The van der Waals surface area contributed by atoms with Crippen LogP contribution >= 0.6 is 23.4 Å². The first kappa shape index (κ1) is 28.5. The summed E-state index contributed by atoms with van der Waals surface area (Å²) in [5, 5.41) is 10.1. The molecule has 0 amide bonds. The molecule has 2 aliphatic heterocycles. The van der Waals surface area contributed by atoms with Crippen LogP contribution in [0.25, 0.3) is 17.0 Å². The van der Waals surface area contributed by atoms with Crippen LogP contribution in [0, 0.1) is 5.41 Å². The maximum absolute atomic E-state index is 13.1. The van der Waals surface area contributed by atoms with Crippen molar-refractivity contribution in [1.29, 1.82) is 0 Å². The second kappa shape index (κ2) is 11.0. The molecule has 7 rings (SSSR count). The van der Waals surface area contributed by atoms with Gasteiger partial charge in [0.2, 0.25) is 0 Å². The van der Waals surface area contributed by atoms with E-state index in [1.54, 1.807) is 29.5 Å². The zero-order valence-electron chi connectivity index (χ0n) is 24.0. The maximum Gasteiger partial charge on any atom is 0.179 e. The average Bonchev–Trinajstić information content (AvgIpc) is 3.74. The molecule has 14 heteroatoms. The molecule has 7 heterocycles. The zero-order chi connectivity index (χ0) is 29.8. The Morgan fingerprint density at radius 2 is 1.88 bits per heavy atom. The van der Waals surface area contributed by atoms with Crippen molar-refractivity contribution >= 4 is 51.7 Å². The van der Waals surface area contributed by atoms with Crippen molar-refractivity contribution in [3.63, 3.8) is 0 Å². The van der Waals surface area contributed by atoms with Gasteiger partial charge in [0.25, 0.3) is 0 Å². The number of nitrogens with zero attached hydrogens (tertiary/aromatic N) is 9. The monoisotopic (exact) mass is 634 g/mol. The largest absolute Gasteiger partial charge is 0.598 e. The summed E-state index contributed by atoms with van der Waals surface area (Å²) in [7, 11) is 0. The molecular formula is C29H31ClN10OS2. The molecule has 1 fully saturated rings. The van der Waals surface area contributed by atoms with Crippen molar-refractivity contribution in [1.82, 2.24) is 44.2 Å². The van der Waals surface area contributed by atoms with E-state index < -0.39 is 11.4 Å². The topological polar surface area (TPSA) is 126 Å². The van der Waals surface area contributed by atoms with E-state index in [9.17, 15) is 4.55 Å². The molecular weight excluding hydrogens is 604 g/mol. The highest BCUT2D eigenvalue weighted by Gasteiger charge is 2.51. The van der Waals surface area contributed by atoms with E-state index in [4.69, 9.17) is 21.6 Å². The van der Waals surface area contributed by atoms with Gasteiger partial charge in [0.15, 0.2) is 11.5 Å². The number of anilines is 1. The minimum atomic E-state index is -1.18. The molecule has 5 aromatic rings. The van der Waals surface area contributed by atoms with Gasteiger partial charge in [-0.2, -0.15) is 10.2 Å². The van der Waals surface area contributed by atoms with Gasteiger partial charge in [-0.1, -0.05) is 23.4 Å². The molecule has 5 aromatic heterocycles. The molecule has 222 valence electrons. The van der Waals surface area contributed by atoms with Crippen LogP contribution in [0.4, 0.5) is 5.82 Å². The lowest BCUT2D eigenvalue weighted by Gasteiger charge is -2.43. The normalized spacial score (nSPS) is 18.8. The molecule has 1 spiro atoms. The number of aromatic nitrogens is 8. The van der Waals surface area contributed by atoms with Crippen molar-refractivity contribution in [3.8, 4) is 5.82 Å². The van der Waals surface area contributed by atoms with Gasteiger partial charge < -0.3 is 9.45 Å². The summed E-state index contributed by atoms with van der Waals surface area (Å²) < 4.78 is 20.0. The summed E-state index contributed by atoms with van der Waals surface area (Å²) >= 11 is 6.93. The van der Waals surface area contributed by atoms with Crippen LogP contribution in [0.2, 0.25) is 5.02 Å². The second-order valence-corrected chi connectivity index (χ2v) is 15.4. The summed E-state index contributed by atoms with van der Waals surface area (Å²) in [4.78, 5) is 21.8. The van der Waals surface area contributed by atoms with Gasteiger partial charge in [-0.3, -0.25) is 4.68 Å². The van der Waals surface area contributed by atoms with Crippen LogP contribution in [0.5, 0.6) is 0 Å². The van der Waals surface area contributed by atoms with Crippen LogP contribution in [0.15, 0.2) is 71.2 Å². The van der Waals surface area contributed by atoms with Gasteiger partial charge in [0.05, 0.1) is 16.9 Å². The molecule has 0 aromatic carbocycles. The Balaban J connectivity index is 1.06. The van der Waals surface area contributed by atoms with E-state index in [0.29, 0.717) is 16.5 Å². The number of hydrogen-bond acceptors (Lipinski definition) is 10. The Hall–Kier alpha value is -3.23. The third-order valence-corrected chi connectivity index (χ3v) is 11.2. The summed E-state index contributed by atoms with van der Waals surface area (Å²) in [6, 6.07) is 9.62. The molecule has 2 atom stereocenters. The third kappa shape index (κ3) is 5.37. The van der Waals surface area contributed by atoms with Crippen molar-refractivity contribution < 1.29 is 4.55 Å². The van der Waals surface area contributed by atoms with Crippen LogP contribution in [0.3, 0.4) is 0 Å². The van der Waals surface area contributed by atoms with E-state index in [2.05, 4.69) is 34.5 Å². The van der Waals surface area contributed by atoms with Gasteiger partial charge >= 0.3 is 0 Å². The Kier molecular flexibility index (Phi) is 7.33. The van der Waals surface area contributed by atoms with Gasteiger partial charge in [-0.05, 0) is 63.9 Å². The first-order valence-corrected chi connectivity index (χ1v) is 16.5. The zero-order valence-corrected chi connectivity index (χ0v) is 26.4. The number of piperidine rings is 1. The van der Waals surface area contributed by atoms with Crippen LogP contribution in [-0.2, 0) is 17.9 Å². The first-order chi connectivity index (χ1) is 20.7. The van der Waals surface area contributed by atoms with E-state index in [1.807, 2.05) is 57.3 Å². The summed E-state index contributed by atoms with van der Waals surface area (Å²) in [6.07, 6.45) is 10.7. The molecule has 0 unspecified atom stereocenters. The maximum atomic E-state index is 13.1. The van der Waals surface area contributed by atoms with Gasteiger partial charge in [0, 0.05) is 66.1 Å². The number of pyridine rings is 2. The summed E-state index contributed by atoms with van der Waals surface area (Å²) in [6.45, 7) is 8.47. The predicted molar refractivity (Wildman–Crippen MR) is 168 cm³/mol. The van der Waals surface area contributed by atoms with Crippen molar-refractivity contribution in [2.24, 2.45) is 5.41 Å². The van der Waals surface area contributed by atoms with Crippen molar-refractivity contribution in [2.75, 3.05) is 18.0 Å². The minimum absolute atomic E-state index is 0.00969. The average molecular weight is 635 g/mol. The van der Waals surface area contributed by atoms with Crippen molar-refractivity contribution in [2.45, 2.75) is 60.9 Å². The minimum Gasteiger partial charge on any atom is -0.598 e. The lowest BCUT2D eigenvalue weighted by atomic mass is 9.73. The van der Waals surface area contributed by atoms with Crippen LogP contribution in [0.1, 0.15) is 45.3 Å². The van der Waals surface area contributed by atoms with Gasteiger partial charge in [-0.15, -0.1) is 4.72 Å². The molecule has 43 heavy (non-hydrogen) atoms. The molecule has 2 aliphatic rings. The Morgan fingerprint density at radius 3 is 2.65 bits per heavy atom. The van der Waals surface area contributed by atoms with Gasteiger partial charge in [0.1, 0.15) is 27.1 Å². The third-order valence-electron chi connectivity index (χ3n) is 8.12. The lowest BCUT2D eigenvalue weighted by Crippen LogP contribution is -2.50. The fourth-order valence-corrected chi connectivity index (χ4v) is 7.82. The number of nitrogens with one attached hydrogen (secondary N) is 1. The number of hydrogen-bond donors (Lipinski definition) is 1. The van der Waals surface area contributed by atoms with Gasteiger partial charge in [-0.25, -0.2) is 24.6 Å². The van der Waals surface area contributed by atoms with E-state index in [0.717, 1.165) is 59.4 Å². The summed E-state index contributed by atoms with van der Waals surface area (Å²) in [5.74, 6) is 1.40. The number of rotatable bonds is 6. The molecule has 0 radical (unpaired) electrons. The quantitative estimate of drug-likeness (QED) is 0.255. The highest BCUT2D eigenvalue weighted by atomic mass is 35.5. The van der Waals surface area contributed by atoms with E-state index >= 15 is 0 Å². The van der Waals surface area contributed by atoms with E-state index in [-0.39, 0.29) is 16.2 Å². The van der Waals surface area contributed by atoms with Crippen LogP contribution in [-0.4, -0.2) is 61.9 Å². The highest BCUT2D eigenvalue weighted by Crippen LogP contribution is 2.50. The molecule has 0 saturated carbocycles. The highest BCUT2D eigenvalue weighted by molar-refractivity contribution is 7.99. The molecule has 11 nitrogen and oxygen atoms in total. The SMILES string of the molecule is CC(C)(C)[S@@+]([O-])N[C@@H]1c2ccnn2CC12CCN(c1cnc3nc(Sc4ccnc(-n5cccn5)c4Cl)ccc3n1)CC2. The molecule has 0 bridgehead atoms. The first-order valence-electron chi connectivity index (χ1n) is 14.1.